The molecule has 15 heavy (non-hydrogen) atoms. The van der Waals surface area contributed by atoms with Gasteiger partial charge in [-0.25, -0.2) is 0 Å². The van der Waals surface area contributed by atoms with Gasteiger partial charge in [0.2, 0.25) is 5.91 Å². The molecule has 1 aliphatic heterocycles. The molecule has 1 aromatic rings. The van der Waals surface area contributed by atoms with Gasteiger partial charge in [0.15, 0.2) is 0 Å². The summed E-state index contributed by atoms with van der Waals surface area (Å²) in [5.74, 6) is 0.217. The first-order chi connectivity index (χ1) is 7.24. The summed E-state index contributed by atoms with van der Waals surface area (Å²) < 4.78 is 0. The predicted octanol–water partition coefficient (Wildman–Crippen LogP) is 1.88. The third-order valence-corrected chi connectivity index (χ3v) is 2.86. The average Bonchev–Trinajstić information content (AvgIpc) is 2.38. The van der Waals surface area contributed by atoms with Gasteiger partial charge in [-0.3, -0.25) is 4.79 Å². The van der Waals surface area contributed by atoms with Gasteiger partial charge in [-0.1, -0.05) is 12.1 Å². The molecule has 1 heterocycles. The van der Waals surface area contributed by atoms with E-state index in [0.29, 0.717) is 6.42 Å². The molecule has 3 nitrogen and oxygen atoms in total. The maximum absolute atomic E-state index is 11.9. The number of anilines is 2. The first-order valence-corrected chi connectivity index (χ1v) is 5.34. The van der Waals surface area contributed by atoms with E-state index in [1.807, 2.05) is 37.1 Å². The fourth-order valence-electron chi connectivity index (χ4n) is 2.02. The van der Waals surface area contributed by atoms with Crippen molar-refractivity contribution in [2.75, 3.05) is 29.9 Å². The number of amides is 1. The van der Waals surface area contributed by atoms with Gasteiger partial charge >= 0.3 is 0 Å². The SMILES string of the molecule is CCN1C(=O)CCN(C)c2ccccc21. The van der Waals surface area contributed by atoms with Crippen LogP contribution in [0.25, 0.3) is 0 Å². The zero-order valence-electron chi connectivity index (χ0n) is 9.23. The molecule has 1 aliphatic rings. The summed E-state index contributed by atoms with van der Waals surface area (Å²) in [6, 6.07) is 8.07. The average molecular weight is 204 g/mol. The van der Waals surface area contributed by atoms with Crippen LogP contribution in [0.4, 0.5) is 11.4 Å². The predicted molar refractivity (Wildman–Crippen MR) is 62.4 cm³/mol. The van der Waals surface area contributed by atoms with Crippen LogP contribution in [0.3, 0.4) is 0 Å². The highest BCUT2D eigenvalue weighted by atomic mass is 16.2. The number of carbonyl (C=O) groups excluding carboxylic acids is 1. The van der Waals surface area contributed by atoms with Crippen molar-refractivity contribution < 1.29 is 4.79 Å². The van der Waals surface area contributed by atoms with Crippen molar-refractivity contribution in [2.24, 2.45) is 0 Å². The Morgan fingerprint density at radius 3 is 2.60 bits per heavy atom. The molecular weight excluding hydrogens is 188 g/mol. The molecule has 0 saturated carbocycles. The lowest BCUT2D eigenvalue weighted by atomic mass is 10.2. The summed E-state index contributed by atoms with van der Waals surface area (Å²) in [5.41, 5.74) is 2.18. The van der Waals surface area contributed by atoms with Crippen molar-refractivity contribution in [1.29, 1.82) is 0 Å². The second-order valence-corrected chi connectivity index (χ2v) is 3.80. The quantitative estimate of drug-likeness (QED) is 0.697. The van der Waals surface area contributed by atoms with E-state index in [4.69, 9.17) is 0 Å². The first kappa shape index (κ1) is 10.0. The summed E-state index contributed by atoms with van der Waals surface area (Å²) in [4.78, 5) is 15.9. The highest BCUT2D eigenvalue weighted by Crippen LogP contribution is 2.31. The zero-order valence-corrected chi connectivity index (χ0v) is 9.23. The molecule has 0 radical (unpaired) electrons. The largest absolute Gasteiger partial charge is 0.372 e. The number of nitrogens with zero attached hydrogens (tertiary/aromatic N) is 2. The number of fused-ring (bicyclic) bond motifs is 1. The Morgan fingerprint density at radius 2 is 1.93 bits per heavy atom. The highest BCUT2D eigenvalue weighted by molar-refractivity contribution is 5.98. The minimum atomic E-state index is 0.217. The normalized spacial score (nSPS) is 16.3. The summed E-state index contributed by atoms with van der Waals surface area (Å²) in [6.45, 7) is 3.55. The van der Waals surface area contributed by atoms with Gasteiger partial charge in [0.05, 0.1) is 11.4 Å². The summed E-state index contributed by atoms with van der Waals surface area (Å²) >= 11 is 0. The van der Waals surface area contributed by atoms with Gasteiger partial charge in [0.25, 0.3) is 0 Å². The Kier molecular flexibility index (Phi) is 2.62. The van der Waals surface area contributed by atoms with E-state index in [2.05, 4.69) is 11.0 Å². The number of para-hydroxylation sites is 2. The Hall–Kier alpha value is -1.51. The fraction of sp³-hybridized carbons (Fsp3) is 0.417. The highest BCUT2D eigenvalue weighted by Gasteiger charge is 2.22. The molecule has 80 valence electrons. The number of hydrogen-bond donors (Lipinski definition) is 0. The maximum atomic E-state index is 11.9. The molecule has 0 fully saturated rings. The standard InChI is InChI=1S/C12H16N2O/c1-3-14-11-7-5-4-6-10(11)13(2)9-8-12(14)15/h4-7H,3,8-9H2,1-2H3. The number of hydrogen-bond acceptors (Lipinski definition) is 2. The van der Waals surface area contributed by atoms with Crippen LogP contribution >= 0.6 is 0 Å². The van der Waals surface area contributed by atoms with Crippen LogP contribution in [0.2, 0.25) is 0 Å². The van der Waals surface area contributed by atoms with E-state index in [0.717, 1.165) is 24.5 Å². The van der Waals surface area contributed by atoms with Crippen LogP contribution in [0.1, 0.15) is 13.3 Å². The first-order valence-electron chi connectivity index (χ1n) is 5.34. The molecule has 0 bridgehead atoms. The summed E-state index contributed by atoms with van der Waals surface area (Å²) in [7, 11) is 2.03. The minimum Gasteiger partial charge on any atom is -0.372 e. The van der Waals surface area contributed by atoms with Crippen molar-refractivity contribution in [2.45, 2.75) is 13.3 Å². The molecule has 0 N–H and O–H groups in total. The van der Waals surface area contributed by atoms with E-state index < -0.39 is 0 Å². The summed E-state index contributed by atoms with van der Waals surface area (Å²) in [5, 5.41) is 0. The van der Waals surface area contributed by atoms with Gasteiger partial charge in [0, 0.05) is 26.6 Å². The van der Waals surface area contributed by atoms with Gasteiger partial charge in [-0.15, -0.1) is 0 Å². The van der Waals surface area contributed by atoms with Crippen LogP contribution in [-0.4, -0.2) is 26.0 Å². The topological polar surface area (TPSA) is 23.6 Å². The number of benzene rings is 1. The molecule has 0 saturated heterocycles. The molecule has 1 amide bonds. The Balaban J connectivity index is 2.50. The van der Waals surface area contributed by atoms with Crippen LogP contribution in [0.5, 0.6) is 0 Å². The van der Waals surface area contributed by atoms with Gasteiger partial charge in [-0.05, 0) is 19.1 Å². The lowest BCUT2D eigenvalue weighted by Gasteiger charge is -2.22. The third kappa shape index (κ3) is 1.69. The Labute approximate surface area is 90.3 Å². The molecular formula is C12H16N2O. The molecule has 1 aromatic carbocycles. The van der Waals surface area contributed by atoms with Gasteiger partial charge in [-0.2, -0.15) is 0 Å². The van der Waals surface area contributed by atoms with Crippen LogP contribution in [-0.2, 0) is 4.79 Å². The second-order valence-electron chi connectivity index (χ2n) is 3.80. The molecule has 3 heteroatoms. The van der Waals surface area contributed by atoms with E-state index in [-0.39, 0.29) is 5.91 Å². The van der Waals surface area contributed by atoms with E-state index in [9.17, 15) is 4.79 Å². The second kappa shape index (κ2) is 3.93. The Bertz CT molecular complexity index is 376. The van der Waals surface area contributed by atoms with Gasteiger partial charge < -0.3 is 9.80 Å². The van der Waals surface area contributed by atoms with Crippen molar-refractivity contribution in [3.63, 3.8) is 0 Å². The lowest BCUT2D eigenvalue weighted by molar-refractivity contribution is -0.118. The molecule has 0 unspecified atom stereocenters. The van der Waals surface area contributed by atoms with Crippen LogP contribution in [0, 0.1) is 0 Å². The zero-order chi connectivity index (χ0) is 10.8. The molecule has 0 aromatic heterocycles. The van der Waals surface area contributed by atoms with Crippen LogP contribution in [0.15, 0.2) is 24.3 Å². The summed E-state index contributed by atoms with van der Waals surface area (Å²) in [6.07, 6.45) is 0.596. The van der Waals surface area contributed by atoms with Gasteiger partial charge in [0.1, 0.15) is 0 Å². The number of rotatable bonds is 1. The van der Waals surface area contributed by atoms with Crippen molar-refractivity contribution in [3.05, 3.63) is 24.3 Å². The number of carbonyl (C=O) groups is 1. The maximum Gasteiger partial charge on any atom is 0.228 e. The molecule has 0 atom stereocenters. The third-order valence-electron chi connectivity index (χ3n) is 2.86. The van der Waals surface area contributed by atoms with Crippen molar-refractivity contribution >= 4 is 17.3 Å². The fourth-order valence-corrected chi connectivity index (χ4v) is 2.02. The Morgan fingerprint density at radius 1 is 1.27 bits per heavy atom. The molecule has 2 rings (SSSR count). The monoisotopic (exact) mass is 204 g/mol. The smallest absolute Gasteiger partial charge is 0.228 e. The van der Waals surface area contributed by atoms with E-state index in [1.54, 1.807) is 0 Å². The van der Waals surface area contributed by atoms with Crippen LogP contribution < -0.4 is 9.80 Å². The van der Waals surface area contributed by atoms with E-state index in [1.165, 1.54) is 0 Å². The lowest BCUT2D eigenvalue weighted by Crippen LogP contribution is -2.29. The van der Waals surface area contributed by atoms with Crippen molar-refractivity contribution in [3.8, 4) is 0 Å². The molecule has 0 aliphatic carbocycles. The molecule has 0 spiro atoms. The van der Waals surface area contributed by atoms with Crippen molar-refractivity contribution in [1.82, 2.24) is 0 Å². The minimum absolute atomic E-state index is 0.217. The van der Waals surface area contributed by atoms with E-state index >= 15 is 0 Å².